The molecular formula is C18H31N5O3. The van der Waals surface area contributed by atoms with Gasteiger partial charge in [0.15, 0.2) is 0 Å². The molecule has 146 valence electrons. The van der Waals surface area contributed by atoms with Crippen molar-refractivity contribution in [2.75, 3.05) is 6.54 Å². The molecule has 0 aliphatic heterocycles. The van der Waals surface area contributed by atoms with Crippen molar-refractivity contribution >= 4 is 17.6 Å². The van der Waals surface area contributed by atoms with Crippen molar-refractivity contribution in [3.8, 4) is 0 Å². The van der Waals surface area contributed by atoms with Crippen LogP contribution >= 0.6 is 0 Å². The maximum Gasteiger partial charge on any atom is 0.228 e. The smallest absolute Gasteiger partial charge is 0.228 e. The highest BCUT2D eigenvalue weighted by Gasteiger charge is 2.25. The lowest BCUT2D eigenvalue weighted by molar-refractivity contribution is -0.134. The Morgan fingerprint density at radius 3 is 2.42 bits per heavy atom. The van der Waals surface area contributed by atoms with Crippen LogP contribution in [-0.4, -0.2) is 39.1 Å². The largest absolute Gasteiger partial charge is 0.369 e. The van der Waals surface area contributed by atoms with Gasteiger partial charge in [-0.2, -0.15) is 0 Å². The van der Waals surface area contributed by atoms with Gasteiger partial charge in [0, 0.05) is 37.5 Å². The second kappa shape index (κ2) is 10.7. The number of carbonyl (C=O) groups is 3. The average molecular weight is 365 g/mol. The molecule has 1 rings (SSSR count). The number of nitrogens with zero attached hydrogens (tertiary/aromatic N) is 3. The highest BCUT2D eigenvalue weighted by molar-refractivity contribution is 6.01. The Morgan fingerprint density at radius 1 is 1.19 bits per heavy atom. The first-order chi connectivity index (χ1) is 12.2. The van der Waals surface area contributed by atoms with Gasteiger partial charge in [0.05, 0.1) is 11.6 Å². The molecule has 0 spiro atoms. The quantitative estimate of drug-likeness (QED) is 0.428. The van der Waals surface area contributed by atoms with E-state index in [1.807, 2.05) is 20.0 Å². The fraction of sp³-hybridized carbons (Fsp3) is 0.722. The van der Waals surface area contributed by atoms with Crippen molar-refractivity contribution in [2.45, 2.75) is 65.8 Å². The summed E-state index contributed by atoms with van der Waals surface area (Å²) < 4.78 is 1.76. The lowest BCUT2D eigenvalue weighted by Gasteiger charge is -2.14. The number of ketones is 1. The highest BCUT2D eigenvalue weighted by Crippen LogP contribution is 2.14. The summed E-state index contributed by atoms with van der Waals surface area (Å²) in [7, 11) is 0. The molecule has 0 aliphatic carbocycles. The molecule has 0 saturated carbocycles. The van der Waals surface area contributed by atoms with Crippen molar-refractivity contribution < 1.29 is 14.4 Å². The molecule has 2 amide bonds. The monoisotopic (exact) mass is 365 g/mol. The number of nitrogens with one attached hydrogen (secondary N) is 1. The van der Waals surface area contributed by atoms with Gasteiger partial charge in [-0.15, -0.1) is 5.10 Å². The number of hydrogen-bond acceptors (Lipinski definition) is 5. The molecule has 8 heteroatoms. The van der Waals surface area contributed by atoms with Gasteiger partial charge in [-0.05, 0) is 26.7 Å². The number of primary amides is 1. The van der Waals surface area contributed by atoms with E-state index >= 15 is 0 Å². The van der Waals surface area contributed by atoms with Crippen molar-refractivity contribution in [1.82, 2.24) is 20.3 Å². The summed E-state index contributed by atoms with van der Waals surface area (Å²) in [6.45, 7) is 8.07. The fourth-order valence-corrected chi connectivity index (χ4v) is 2.54. The number of rotatable bonds is 12. The van der Waals surface area contributed by atoms with Crippen LogP contribution in [0.5, 0.6) is 0 Å². The van der Waals surface area contributed by atoms with E-state index in [-0.39, 0.29) is 23.7 Å². The third-order valence-electron chi connectivity index (χ3n) is 4.19. The Balaban J connectivity index is 2.22. The van der Waals surface area contributed by atoms with Crippen LogP contribution in [-0.2, 0) is 20.8 Å². The second-order valence-corrected chi connectivity index (χ2v) is 7.14. The topological polar surface area (TPSA) is 120 Å². The van der Waals surface area contributed by atoms with Crippen molar-refractivity contribution in [1.29, 1.82) is 0 Å². The van der Waals surface area contributed by atoms with Crippen LogP contribution in [0.4, 0.5) is 0 Å². The van der Waals surface area contributed by atoms with Crippen LogP contribution in [0.2, 0.25) is 0 Å². The lowest BCUT2D eigenvalue weighted by atomic mass is 9.90. The van der Waals surface area contributed by atoms with Crippen LogP contribution in [0.25, 0.3) is 0 Å². The van der Waals surface area contributed by atoms with E-state index < -0.39 is 11.8 Å². The third kappa shape index (κ3) is 7.33. The van der Waals surface area contributed by atoms with Gasteiger partial charge in [-0.25, -0.2) is 4.68 Å². The molecule has 0 aromatic carbocycles. The summed E-state index contributed by atoms with van der Waals surface area (Å²) in [5.41, 5.74) is 6.11. The Morgan fingerprint density at radius 2 is 1.88 bits per heavy atom. The molecule has 1 atom stereocenters. The maximum atomic E-state index is 11.9. The lowest BCUT2D eigenvalue weighted by Crippen LogP contribution is -2.33. The Labute approximate surface area is 154 Å². The van der Waals surface area contributed by atoms with Gasteiger partial charge in [-0.1, -0.05) is 25.5 Å². The molecule has 0 fully saturated rings. The second-order valence-electron chi connectivity index (χ2n) is 7.14. The van der Waals surface area contributed by atoms with E-state index in [1.54, 1.807) is 18.5 Å². The van der Waals surface area contributed by atoms with E-state index in [1.165, 1.54) is 0 Å². The third-order valence-corrected chi connectivity index (χ3v) is 4.19. The molecule has 0 saturated heterocycles. The number of amides is 2. The molecule has 1 heterocycles. The Bertz CT molecular complexity index is 610. The number of unbranched alkanes of at least 4 members (excludes halogenated alkanes) is 1. The number of aryl methyl sites for hydroxylation is 1. The molecule has 0 bridgehead atoms. The minimum atomic E-state index is -0.728. The Kier molecular flexibility index (Phi) is 8.95. The minimum Gasteiger partial charge on any atom is -0.369 e. The van der Waals surface area contributed by atoms with Crippen molar-refractivity contribution in [3.63, 3.8) is 0 Å². The zero-order valence-corrected chi connectivity index (χ0v) is 16.2. The Hall–Kier alpha value is -2.25. The standard InChI is InChI=1S/C18H31N5O3/c1-12(2)17(25)15(18(19)26)7-5-6-10-20-16(24)9-8-14-11-23(13(3)4)22-21-14/h11-13,15H,5-10H2,1-4H3,(H2,19,26)(H,20,24). The summed E-state index contributed by atoms with van der Waals surface area (Å²) in [5, 5.41) is 10.9. The molecule has 0 aliphatic rings. The minimum absolute atomic E-state index is 0.0474. The SMILES string of the molecule is CC(C)C(=O)C(CCCCNC(=O)CCc1cn(C(C)C)nn1)C(N)=O. The number of hydrogen-bond donors (Lipinski definition) is 2. The van der Waals surface area contributed by atoms with Gasteiger partial charge in [0.1, 0.15) is 5.78 Å². The van der Waals surface area contributed by atoms with Crippen molar-refractivity contribution in [3.05, 3.63) is 11.9 Å². The summed E-state index contributed by atoms with van der Waals surface area (Å²) in [5.74, 6) is -1.66. The number of carbonyl (C=O) groups excluding carboxylic acids is 3. The van der Waals surface area contributed by atoms with E-state index in [9.17, 15) is 14.4 Å². The van der Waals surface area contributed by atoms with E-state index in [0.717, 1.165) is 5.69 Å². The summed E-state index contributed by atoms with van der Waals surface area (Å²) in [4.78, 5) is 35.2. The van der Waals surface area contributed by atoms with Crippen LogP contribution in [0, 0.1) is 11.8 Å². The van der Waals surface area contributed by atoms with Gasteiger partial charge in [-0.3, -0.25) is 14.4 Å². The predicted octanol–water partition coefficient (Wildman–Crippen LogP) is 1.40. The summed E-state index contributed by atoms with van der Waals surface area (Å²) in [6.07, 6.45) is 4.55. The fourth-order valence-electron chi connectivity index (χ4n) is 2.54. The average Bonchev–Trinajstić information content (AvgIpc) is 3.04. The van der Waals surface area contributed by atoms with Gasteiger partial charge < -0.3 is 11.1 Å². The molecule has 8 nitrogen and oxygen atoms in total. The molecule has 0 radical (unpaired) electrons. The van der Waals surface area contributed by atoms with Crippen LogP contribution in [0.1, 0.15) is 65.1 Å². The van der Waals surface area contributed by atoms with Crippen LogP contribution in [0.3, 0.4) is 0 Å². The normalized spacial score (nSPS) is 12.4. The molecular weight excluding hydrogens is 334 g/mol. The number of nitrogens with two attached hydrogens (primary N) is 1. The van der Waals surface area contributed by atoms with Crippen molar-refractivity contribution in [2.24, 2.45) is 17.6 Å². The van der Waals surface area contributed by atoms with Crippen LogP contribution < -0.4 is 11.1 Å². The first-order valence-corrected chi connectivity index (χ1v) is 9.22. The molecule has 1 unspecified atom stereocenters. The van der Waals surface area contributed by atoms with Gasteiger partial charge in [0.2, 0.25) is 11.8 Å². The van der Waals surface area contributed by atoms with Gasteiger partial charge in [0.25, 0.3) is 0 Å². The van der Waals surface area contributed by atoms with E-state index in [0.29, 0.717) is 38.6 Å². The summed E-state index contributed by atoms with van der Waals surface area (Å²) >= 11 is 0. The zero-order chi connectivity index (χ0) is 19.7. The van der Waals surface area contributed by atoms with E-state index in [2.05, 4.69) is 15.6 Å². The molecule has 3 N–H and O–H groups in total. The van der Waals surface area contributed by atoms with Gasteiger partial charge >= 0.3 is 0 Å². The first kappa shape index (κ1) is 21.8. The highest BCUT2D eigenvalue weighted by atomic mass is 16.2. The zero-order valence-electron chi connectivity index (χ0n) is 16.2. The molecule has 26 heavy (non-hydrogen) atoms. The number of aromatic nitrogens is 3. The van der Waals surface area contributed by atoms with Crippen LogP contribution in [0.15, 0.2) is 6.20 Å². The molecule has 1 aromatic heterocycles. The maximum absolute atomic E-state index is 11.9. The first-order valence-electron chi connectivity index (χ1n) is 9.22. The van der Waals surface area contributed by atoms with E-state index in [4.69, 9.17) is 5.73 Å². The summed E-state index contributed by atoms with van der Waals surface area (Å²) in [6, 6.07) is 0.247. The molecule has 1 aromatic rings. The number of Topliss-reactive ketones (excluding diaryl/α,β-unsaturated/α-hetero) is 1. The predicted molar refractivity (Wildman–Crippen MR) is 98.1 cm³/mol.